The minimum Gasteiger partial charge on any atom is -0.477 e. The fourth-order valence-corrected chi connectivity index (χ4v) is 6.00. The number of aliphatic imine (C=N–C) groups is 1. The standard InChI is InChI=1S/C32H42N2O2S/c1-5-9-15-23(7-3)21-34-30(25-17-12-11-13-18-25)28-27(32(34)35)29(26-19-14-20-37-26)33-31(28)36-22-24(8-4)16-10-6-2/h11-14,17-20,23-24H,5-10,15-16,21-22H2,1-4H3. The van der Waals surface area contributed by atoms with E-state index in [0.29, 0.717) is 29.9 Å². The van der Waals surface area contributed by atoms with Crippen LogP contribution in [-0.4, -0.2) is 29.9 Å². The zero-order chi connectivity index (χ0) is 26.2. The summed E-state index contributed by atoms with van der Waals surface area (Å²) in [4.78, 5) is 22.2. The molecule has 3 heterocycles. The molecule has 1 aromatic heterocycles. The summed E-state index contributed by atoms with van der Waals surface area (Å²) in [6.45, 7) is 10.3. The molecular formula is C32H42N2O2S. The summed E-state index contributed by atoms with van der Waals surface area (Å²) in [6.07, 6.45) is 9.19. The number of unbranched alkanes of at least 4 members (excludes halogenated alkanes) is 2. The van der Waals surface area contributed by atoms with Crippen LogP contribution in [0.4, 0.5) is 0 Å². The van der Waals surface area contributed by atoms with Crippen molar-refractivity contribution in [2.45, 2.75) is 79.1 Å². The van der Waals surface area contributed by atoms with Crippen LogP contribution in [0, 0.1) is 11.8 Å². The second-order valence-electron chi connectivity index (χ2n) is 10.3. The van der Waals surface area contributed by atoms with Crippen LogP contribution in [0.3, 0.4) is 0 Å². The van der Waals surface area contributed by atoms with Gasteiger partial charge in [-0.3, -0.25) is 4.79 Å². The summed E-state index contributed by atoms with van der Waals surface area (Å²) in [6, 6.07) is 14.4. The number of carbonyl (C=O) groups is 1. The van der Waals surface area contributed by atoms with Gasteiger partial charge in [-0.25, -0.2) is 4.99 Å². The molecule has 2 aliphatic heterocycles. The van der Waals surface area contributed by atoms with E-state index in [1.807, 2.05) is 34.5 Å². The van der Waals surface area contributed by atoms with Crippen molar-refractivity contribution in [1.29, 1.82) is 0 Å². The van der Waals surface area contributed by atoms with Crippen molar-refractivity contribution in [2.75, 3.05) is 13.2 Å². The van der Waals surface area contributed by atoms with E-state index in [1.165, 1.54) is 25.7 Å². The third kappa shape index (κ3) is 6.09. The predicted molar refractivity (Wildman–Crippen MR) is 156 cm³/mol. The molecule has 1 amide bonds. The first-order chi connectivity index (χ1) is 18.1. The molecule has 4 rings (SSSR count). The topological polar surface area (TPSA) is 41.9 Å². The highest BCUT2D eigenvalue weighted by Gasteiger charge is 2.45. The van der Waals surface area contributed by atoms with Crippen molar-refractivity contribution in [3.05, 3.63) is 69.4 Å². The quantitative estimate of drug-likeness (QED) is 0.251. The maximum absolute atomic E-state index is 14.2. The lowest BCUT2D eigenvalue weighted by molar-refractivity contribution is -0.123. The molecule has 2 aromatic rings. The molecule has 0 saturated carbocycles. The molecule has 0 saturated heterocycles. The van der Waals surface area contributed by atoms with E-state index >= 15 is 0 Å². The SMILES string of the molecule is CCCCC(CC)COC1=NC(c2cccs2)=C2C(=O)N(CC(CC)CCCC)C(c3ccccc3)=C12. The fraction of sp³-hybridized carbons (Fsp3) is 0.500. The van der Waals surface area contributed by atoms with Gasteiger partial charge in [-0.2, -0.15) is 0 Å². The molecule has 198 valence electrons. The average molecular weight is 519 g/mol. The molecule has 0 aliphatic carbocycles. The summed E-state index contributed by atoms with van der Waals surface area (Å²) < 4.78 is 6.52. The van der Waals surface area contributed by atoms with Crippen LogP contribution in [-0.2, 0) is 9.53 Å². The van der Waals surface area contributed by atoms with Crippen LogP contribution in [0.5, 0.6) is 0 Å². The normalized spacial score (nSPS) is 16.9. The van der Waals surface area contributed by atoms with Gasteiger partial charge < -0.3 is 9.64 Å². The molecule has 1 aromatic carbocycles. The van der Waals surface area contributed by atoms with Crippen molar-refractivity contribution in [2.24, 2.45) is 16.8 Å². The van der Waals surface area contributed by atoms with Crippen LogP contribution >= 0.6 is 11.3 Å². The molecule has 0 N–H and O–H groups in total. The number of hydrogen-bond donors (Lipinski definition) is 0. The fourth-order valence-electron chi connectivity index (χ4n) is 5.27. The van der Waals surface area contributed by atoms with Gasteiger partial charge in [0.25, 0.3) is 5.91 Å². The Bertz CT molecular complexity index is 1130. The molecule has 5 heteroatoms. The number of thiophene rings is 1. The lowest BCUT2D eigenvalue weighted by Gasteiger charge is -2.26. The molecule has 37 heavy (non-hydrogen) atoms. The second kappa shape index (κ2) is 13.2. The van der Waals surface area contributed by atoms with Gasteiger partial charge in [0.15, 0.2) is 0 Å². The number of fused-ring (bicyclic) bond motifs is 1. The van der Waals surface area contributed by atoms with E-state index in [1.54, 1.807) is 11.3 Å². The number of hydrogen-bond acceptors (Lipinski definition) is 4. The highest BCUT2D eigenvalue weighted by atomic mass is 32.1. The largest absolute Gasteiger partial charge is 0.477 e. The third-order valence-electron chi connectivity index (χ3n) is 7.66. The van der Waals surface area contributed by atoms with Crippen molar-refractivity contribution >= 4 is 34.5 Å². The third-order valence-corrected chi connectivity index (χ3v) is 8.54. The molecule has 0 bridgehead atoms. The van der Waals surface area contributed by atoms with Crippen LogP contribution in [0.15, 0.2) is 64.0 Å². The Hall–Kier alpha value is -2.66. The Balaban J connectivity index is 1.78. The van der Waals surface area contributed by atoms with Crippen molar-refractivity contribution in [3.8, 4) is 0 Å². The number of rotatable bonds is 14. The number of carbonyl (C=O) groups excluding carboxylic acids is 1. The summed E-state index contributed by atoms with van der Waals surface area (Å²) in [5.74, 6) is 1.63. The van der Waals surface area contributed by atoms with Crippen molar-refractivity contribution in [3.63, 3.8) is 0 Å². The maximum atomic E-state index is 14.2. The molecule has 0 fully saturated rings. The highest BCUT2D eigenvalue weighted by Crippen LogP contribution is 2.46. The molecule has 0 spiro atoms. The van der Waals surface area contributed by atoms with Gasteiger partial charge in [-0.1, -0.05) is 103 Å². The first-order valence-corrected chi connectivity index (χ1v) is 15.1. The Labute approximate surface area is 227 Å². The first-order valence-electron chi connectivity index (χ1n) is 14.2. The van der Waals surface area contributed by atoms with Crippen molar-refractivity contribution in [1.82, 2.24) is 4.90 Å². The van der Waals surface area contributed by atoms with Gasteiger partial charge in [-0.05, 0) is 41.7 Å². The average Bonchev–Trinajstić information content (AvgIpc) is 3.65. The Morgan fingerprint density at radius 3 is 2.22 bits per heavy atom. The van der Waals surface area contributed by atoms with Gasteiger partial charge in [0, 0.05) is 6.54 Å². The molecule has 0 radical (unpaired) electrons. The van der Waals surface area contributed by atoms with E-state index in [2.05, 4.69) is 45.9 Å². The number of amides is 1. The van der Waals surface area contributed by atoms with E-state index in [0.717, 1.165) is 59.6 Å². The van der Waals surface area contributed by atoms with Crippen LogP contribution < -0.4 is 0 Å². The van der Waals surface area contributed by atoms with E-state index in [4.69, 9.17) is 9.73 Å². The summed E-state index contributed by atoms with van der Waals surface area (Å²) in [7, 11) is 0. The smallest absolute Gasteiger partial charge is 0.261 e. The monoisotopic (exact) mass is 518 g/mol. The Morgan fingerprint density at radius 1 is 0.892 bits per heavy atom. The van der Waals surface area contributed by atoms with Gasteiger partial charge in [-0.15, -0.1) is 11.3 Å². The lowest BCUT2D eigenvalue weighted by Crippen LogP contribution is -2.31. The zero-order valence-corrected chi connectivity index (χ0v) is 23.8. The molecule has 2 atom stereocenters. The van der Waals surface area contributed by atoms with Crippen molar-refractivity contribution < 1.29 is 9.53 Å². The Kier molecular flexibility index (Phi) is 9.79. The van der Waals surface area contributed by atoms with Gasteiger partial charge in [0.05, 0.1) is 34.0 Å². The minimum absolute atomic E-state index is 0.0626. The highest BCUT2D eigenvalue weighted by molar-refractivity contribution is 7.11. The molecule has 2 aliphatic rings. The molecule has 2 unspecified atom stereocenters. The number of nitrogens with zero attached hydrogens (tertiary/aromatic N) is 2. The summed E-state index contributed by atoms with van der Waals surface area (Å²) >= 11 is 1.63. The van der Waals surface area contributed by atoms with Crippen LogP contribution in [0.1, 0.15) is 89.5 Å². The minimum atomic E-state index is 0.0626. The van der Waals surface area contributed by atoms with Gasteiger partial charge in [0.1, 0.15) is 0 Å². The van der Waals surface area contributed by atoms with Crippen LogP contribution in [0.25, 0.3) is 11.4 Å². The lowest BCUT2D eigenvalue weighted by atomic mass is 9.98. The summed E-state index contributed by atoms with van der Waals surface area (Å²) in [5.41, 5.74) is 4.37. The van der Waals surface area contributed by atoms with E-state index < -0.39 is 0 Å². The van der Waals surface area contributed by atoms with Crippen LogP contribution in [0.2, 0.25) is 0 Å². The van der Waals surface area contributed by atoms with E-state index in [-0.39, 0.29) is 5.91 Å². The predicted octanol–water partition coefficient (Wildman–Crippen LogP) is 8.57. The number of ether oxygens (including phenoxy) is 1. The molecule has 4 nitrogen and oxygen atoms in total. The zero-order valence-electron chi connectivity index (χ0n) is 23.0. The summed E-state index contributed by atoms with van der Waals surface area (Å²) in [5, 5.41) is 2.05. The Morgan fingerprint density at radius 2 is 1.59 bits per heavy atom. The van der Waals surface area contributed by atoms with Gasteiger partial charge >= 0.3 is 0 Å². The second-order valence-corrected chi connectivity index (χ2v) is 11.2. The van der Waals surface area contributed by atoms with Gasteiger partial charge in [0.2, 0.25) is 5.90 Å². The van der Waals surface area contributed by atoms with E-state index in [9.17, 15) is 4.79 Å². The number of benzene rings is 1. The first kappa shape index (κ1) is 27.4. The molecular weight excluding hydrogens is 476 g/mol. The maximum Gasteiger partial charge on any atom is 0.261 e.